The molecule has 0 unspecified atom stereocenters. The summed E-state index contributed by atoms with van der Waals surface area (Å²) >= 11 is 0. The second-order valence-electron chi connectivity index (χ2n) is 4.43. The van der Waals surface area contributed by atoms with Crippen molar-refractivity contribution in [3.63, 3.8) is 0 Å². The van der Waals surface area contributed by atoms with Gasteiger partial charge in [-0.1, -0.05) is 6.07 Å². The van der Waals surface area contributed by atoms with Gasteiger partial charge in [-0.2, -0.15) is 0 Å². The van der Waals surface area contributed by atoms with Gasteiger partial charge in [0.2, 0.25) is 0 Å². The summed E-state index contributed by atoms with van der Waals surface area (Å²) in [7, 11) is 0. The van der Waals surface area contributed by atoms with Gasteiger partial charge in [-0.15, -0.1) is 0 Å². The average molecular weight is 246 g/mol. The minimum atomic E-state index is -0.273. The van der Waals surface area contributed by atoms with Gasteiger partial charge in [0.25, 0.3) is 0 Å². The first kappa shape index (κ1) is 12.5. The van der Waals surface area contributed by atoms with Crippen LogP contribution < -0.4 is 0 Å². The van der Waals surface area contributed by atoms with Gasteiger partial charge in [0, 0.05) is 12.6 Å². The van der Waals surface area contributed by atoms with Crippen molar-refractivity contribution in [1.29, 1.82) is 0 Å². The number of benzene rings is 1. The summed E-state index contributed by atoms with van der Waals surface area (Å²) in [4.78, 5) is 15.1. The minimum absolute atomic E-state index is 0.131. The van der Waals surface area contributed by atoms with E-state index in [2.05, 4.69) is 4.98 Å². The highest BCUT2D eigenvalue weighted by molar-refractivity contribution is 5.75. The molecule has 0 N–H and O–H groups in total. The largest absolute Gasteiger partial charge is 0.303 e. The second-order valence-corrected chi connectivity index (χ2v) is 4.43. The van der Waals surface area contributed by atoms with E-state index in [4.69, 9.17) is 0 Å². The number of ketones is 1. The van der Waals surface area contributed by atoms with E-state index in [1.54, 1.807) is 30.1 Å². The molecule has 1 aromatic carbocycles. The van der Waals surface area contributed by atoms with Crippen LogP contribution in [-0.4, -0.2) is 15.3 Å². The Bertz CT molecular complexity index is 575. The van der Waals surface area contributed by atoms with Gasteiger partial charge in [-0.25, -0.2) is 9.37 Å². The summed E-state index contributed by atoms with van der Waals surface area (Å²) in [6.07, 6.45) is 4.39. The molecular weight excluding hydrogens is 231 g/mol. The molecule has 2 rings (SSSR count). The third-order valence-corrected chi connectivity index (χ3v) is 2.75. The maximum Gasteiger partial charge on any atom is 0.147 e. The predicted molar refractivity (Wildman–Crippen MR) is 67.3 cm³/mol. The summed E-state index contributed by atoms with van der Waals surface area (Å²) in [5, 5.41) is 0. The predicted octanol–water partition coefficient (Wildman–Crippen LogP) is 2.84. The SMILES string of the molecule is CC(=O)CCc1cn(-c2ccc(C)cc2F)cn1. The first-order valence-electron chi connectivity index (χ1n) is 5.85. The average Bonchev–Trinajstić information content (AvgIpc) is 2.75. The monoisotopic (exact) mass is 246 g/mol. The van der Waals surface area contributed by atoms with Crippen LogP contribution in [0.15, 0.2) is 30.7 Å². The van der Waals surface area contributed by atoms with E-state index in [0.29, 0.717) is 18.5 Å². The maximum atomic E-state index is 13.8. The lowest BCUT2D eigenvalue weighted by atomic mass is 10.2. The Balaban J connectivity index is 2.21. The number of rotatable bonds is 4. The lowest BCUT2D eigenvalue weighted by molar-refractivity contribution is -0.116. The number of nitrogens with zero attached hydrogens (tertiary/aromatic N) is 2. The molecule has 0 spiro atoms. The van der Waals surface area contributed by atoms with Crippen molar-refractivity contribution in [2.75, 3.05) is 0 Å². The number of aromatic nitrogens is 2. The van der Waals surface area contributed by atoms with Gasteiger partial charge in [0.15, 0.2) is 0 Å². The molecular formula is C14H15FN2O. The maximum absolute atomic E-state index is 13.8. The molecule has 0 aliphatic rings. The van der Waals surface area contributed by atoms with E-state index >= 15 is 0 Å². The smallest absolute Gasteiger partial charge is 0.147 e. The van der Waals surface area contributed by atoms with Crippen LogP contribution in [0.4, 0.5) is 4.39 Å². The Morgan fingerprint density at radius 2 is 2.22 bits per heavy atom. The van der Waals surface area contributed by atoms with Crippen LogP contribution in [0.1, 0.15) is 24.6 Å². The zero-order valence-electron chi connectivity index (χ0n) is 10.5. The van der Waals surface area contributed by atoms with Crippen LogP contribution in [0, 0.1) is 12.7 Å². The molecule has 0 saturated heterocycles. The quantitative estimate of drug-likeness (QED) is 0.831. The summed E-state index contributed by atoms with van der Waals surface area (Å²) in [5.74, 6) is -0.142. The summed E-state index contributed by atoms with van der Waals surface area (Å²) in [5.41, 5.74) is 2.15. The Hall–Kier alpha value is -1.97. The first-order chi connectivity index (χ1) is 8.56. The van der Waals surface area contributed by atoms with Crippen LogP contribution in [0.2, 0.25) is 0 Å². The normalized spacial score (nSPS) is 10.6. The van der Waals surface area contributed by atoms with Crippen molar-refractivity contribution >= 4 is 5.78 Å². The van der Waals surface area contributed by atoms with Gasteiger partial charge in [-0.05, 0) is 38.0 Å². The zero-order valence-corrected chi connectivity index (χ0v) is 10.5. The van der Waals surface area contributed by atoms with Gasteiger partial charge < -0.3 is 9.36 Å². The van der Waals surface area contributed by atoms with Crippen LogP contribution in [0.25, 0.3) is 5.69 Å². The third-order valence-electron chi connectivity index (χ3n) is 2.75. The first-order valence-corrected chi connectivity index (χ1v) is 5.85. The molecule has 0 fully saturated rings. The molecule has 0 saturated carbocycles. The molecule has 94 valence electrons. The highest BCUT2D eigenvalue weighted by Crippen LogP contribution is 2.15. The fraction of sp³-hybridized carbons (Fsp3) is 0.286. The highest BCUT2D eigenvalue weighted by Gasteiger charge is 2.06. The molecule has 4 heteroatoms. The molecule has 0 aliphatic heterocycles. The molecule has 18 heavy (non-hydrogen) atoms. The number of Topliss-reactive ketones (excluding diaryl/α,β-unsaturated/α-hetero) is 1. The fourth-order valence-electron chi connectivity index (χ4n) is 1.75. The molecule has 2 aromatic rings. The van der Waals surface area contributed by atoms with Crippen molar-refractivity contribution in [1.82, 2.24) is 9.55 Å². The fourth-order valence-corrected chi connectivity index (χ4v) is 1.75. The lowest BCUT2D eigenvalue weighted by Crippen LogP contribution is -1.96. The lowest BCUT2D eigenvalue weighted by Gasteiger charge is -2.04. The van der Waals surface area contributed by atoms with Crippen LogP contribution in [0.5, 0.6) is 0 Å². The van der Waals surface area contributed by atoms with E-state index in [9.17, 15) is 9.18 Å². The number of hydrogen-bond donors (Lipinski definition) is 0. The van der Waals surface area contributed by atoms with Crippen molar-refractivity contribution in [3.05, 3.63) is 47.8 Å². The Labute approximate surface area is 105 Å². The third kappa shape index (κ3) is 2.83. The molecule has 1 aromatic heterocycles. The van der Waals surface area contributed by atoms with Crippen LogP contribution in [0.3, 0.4) is 0 Å². The highest BCUT2D eigenvalue weighted by atomic mass is 19.1. The van der Waals surface area contributed by atoms with E-state index in [1.807, 2.05) is 13.0 Å². The van der Waals surface area contributed by atoms with Crippen molar-refractivity contribution in [2.45, 2.75) is 26.7 Å². The van der Waals surface area contributed by atoms with E-state index in [0.717, 1.165) is 11.3 Å². The van der Waals surface area contributed by atoms with Crippen LogP contribution in [-0.2, 0) is 11.2 Å². The minimum Gasteiger partial charge on any atom is -0.303 e. The van der Waals surface area contributed by atoms with Gasteiger partial charge >= 0.3 is 0 Å². The van der Waals surface area contributed by atoms with Crippen LogP contribution >= 0.6 is 0 Å². The van der Waals surface area contributed by atoms with Crippen molar-refractivity contribution < 1.29 is 9.18 Å². The Morgan fingerprint density at radius 3 is 2.89 bits per heavy atom. The molecule has 0 amide bonds. The van der Waals surface area contributed by atoms with E-state index in [-0.39, 0.29) is 11.6 Å². The molecule has 0 radical (unpaired) electrons. The topological polar surface area (TPSA) is 34.9 Å². The van der Waals surface area contributed by atoms with Crippen molar-refractivity contribution in [3.8, 4) is 5.69 Å². The van der Waals surface area contributed by atoms with Gasteiger partial charge in [0.1, 0.15) is 11.6 Å². The molecule has 0 aliphatic carbocycles. The summed E-state index contributed by atoms with van der Waals surface area (Å²) in [6.45, 7) is 3.40. The number of imidazole rings is 1. The summed E-state index contributed by atoms with van der Waals surface area (Å²) in [6, 6.07) is 5.07. The second kappa shape index (κ2) is 5.12. The Morgan fingerprint density at radius 1 is 1.44 bits per heavy atom. The van der Waals surface area contributed by atoms with E-state index < -0.39 is 0 Å². The van der Waals surface area contributed by atoms with Gasteiger partial charge in [-0.3, -0.25) is 0 Å². The number of hydrogen-bond acceptors (Lipinski definition) is 2. The standard InChI is InChI=1S/C14H15FN2O/c1-10-3-6-14(13(15)7-10)17-8-12(16-9-17)5-4-11(2)18/h3,6-9H,4-5H2,1-2H3. The number of carbonyl (C=O) groups is 1. The number of aryl methyl sites for hydroxylation is 2. The molecule has 0 atom stereocenters. The van der Waals surface area contributed by atoms with Gasteiger partial charge in [0.05, 0.1) is 17.7 Å². The molecule has 1 heterocycles. The molecule has 3 nitrogen and oxygen atoms in total. The van der Waals surface area contributed by atoms with E-state index in [1.165, 1.54) is 6.07 Å². The van der Waals surface area contributed by atoms with Crippen molar-refractivity contribution in [2.24, 2.45) is 0 Å². The Kier molecular flexibility index (Phi) is 3.55. The zero-order chi connectivity index (χ0) is 13.1. The molecule has 0 bridgehead atoms. The summed E-state index contributed by atoms with van der Waals surface area (Å²) < 4.78 is 15.4. The number of halogens is 1. The number of carbonyl (C=O) groups excluding carboxylic acids is 1.